The molecule has 1 atom stereocenters. The number of nitrogens with zero attached hydrogens (tertiary/aromatic N) is 1. The molecule has 4 nitrogen and oxygen atoms in total. The third kappa shape index (κ3) is 4.64. The molecule has 17 heavy (non-hydrogen) atoms. The second-order valence-electron chi connectivity index (χ2n) is 5.31. The third-order valence-electron chi connectivity index (χ3n) is 3.46. The molecule has 4 heteroatoms. The molecule has 1 fully saturated rings. The highest BCUT2D eigenvalue weighted by Gasteiger charge is 2.33. The number of carbonyl (C=O) groups is 1. The molecular formula is C13H26N2O2. The van der Waals surface area contributed by atoms with Crippen LogP contribution in [-0.4, -0.2) is 50.2 Å². The largest absolute Gasteiger partial charge is 0.468 e. The van der Waals surface area contributed by atoms with Crippen molar-refractivity contribution in [2.75, 3.05) is 33.8 Å². The van der Waals surface area contributed by atoms with Crippen molar-refractivity contribution in [3.05, 3.63) is 0 Å². The molecule has 1 unspecified atom stereocenters. The number of nitrogens with one attached hydrogen (secondary N) is 1. The van der Waals surface area contributed by atoms with Gasteiger partial charge in [0.25, 0.3) is 0 Å². The highest BCUT2D eigenvalue weighted by molar-refractivity contribution is 5.80. The molecule has 1 aliphatic rings. The van der Waals surface area contributed by atoms with Crippen LogP contribution >= 0.6 is 0 Å². The van der Waals surface area contributed by atoms with Gasteiger partial charge in [-0.05, 0) is 45.7 Å². The van der Waals surface area contributed by atoms with Crippen molar-refractivity contribution in [3.8, 4) is 0 Å². The van der Waals surface area contributed by atoms with E-state index >= 15 is 0 Å². The van der Waals surface area contributed by atoms with Crippen LogP contribution in [0.25, 0.3) is 0 Å². The number of carbonyl (C=O) groups excluding carboxylic acids is 1. The van der Waals surface area contributed by atoms with E-state index in [1.807, 2.05) is 13.8 Å². The first kappa shape index (κ1) is 14.5. The van der Waals surface area contributed by atoms with Crippen LogP contribution in [0.15, 0.2) is 0 Å². The Kier molecular flexibility index (Phi) is 5.40. The zero-order chi connectivity index (χ0) is 12.9. The predicted molar refractivity (Wildman–Crippen MR) is 68.9 cm³/mol. The van der Waals surface area contributed by atoms with Gasteiger partial charge in [-0.2, -0.15) is 0 Å². The number of likely N-dealkylation sites (N-methyl/N-ethyl adjacent to an activating group) is 1. The summed E-state index contributed by atoms with van der Waals surface area (Å²) >= 11 is 0. The molecule has 0 spiro atoms. The molecule has 0 aromatic rings. The van der Waals surface area contributed by atoms with Crippen molar-refractivity contribution in [1.29, 1.82) is 0 Å². The fourth-order valence-corrected chi connectivity index (χ4v) is 2.12. The van der Waals surface area contributed by atoms with Crippen LogP contribution in [0, 0.1) is 5.92 Å². The second kappa shape index (κ2) is 6.36. The molecule has 0 bridgehead atoms. The maximum Gasteiger partial charge on any atom is 0.325 e. The number of hydrogen-bond donors (Lipinski definition) is 1. The smallest absolute Gasteiger partial charge is 0.325 e. The van der Waals surface area contributed by atoms with E-state index in [1.54, 1.807) is 0 Å². The first-order valence-corrected chi connectivity index (χ1v) is 6.54. The maximum atomic E-state index is 11.8. The quantitative estimate of drug-likeness (QED) is 0.651. The lowest BCUT2D eigenvalue weighted by Crippen LogP contribution is -2.51. The Morgan fingerprint density at radius 2 is 2.18 bits per heavy atom. The molecule has 0 heterocycles. The summed E-state index contributed by atoms with van der Waals surface area (Å²) in [6.45, 7) is 6.79. The zero-order valence-corrected chi connectivity index (χ0v) is 11.6. The van der Waals surface area contributed by atoms with E-state index in [2.05, 4.69) is 17.3 Å². The second-order valence-corrected chi connectivity index (χ2v) is 5.31. The number of hydrogen-bond acceptors (Lipinski definition) is 4. The molecule has 0 aromatic carbocycles. The standard InChI is InChI=1S/C13H26N2O2/c1-5-14-13(2,12(16)17-4)8-9-15(3)10-11-6-7-11/h11,14H,5-10H2,1-4H3. The van der Waals surface area contributed by atoms with Crippen molar-refractivity contribution in [2.24, 2.45) is 5.92 Å². The van der Waals surface area contributed by atoms with Crippen molar-refractivity contribution in [2.45, 2.75) is 38.6 Å². The topological polar surface area (TPSA) is 41.6 Å². The fraction of sp³-hybridized carbons (Fsp3) is 0.923. The average Bonchev–Trinajstić information content (AvgIpc) is 3.09. The fourth-order valence-electron chi connectivity index (χ4n) is 2.12. The van der Waals surface area contributed by atoms with Gasteiger partial charge < -0.3 is 15.0 Å². The van der Waals surface area contributed by atoms with Gasteiger partial charge in [0.2, 0.25) is 0 Å². The van der Waals surface area contributed by atoms with Gasteiger partial charge in [-0.3, -0.25) is 4.79 Å². The molecule has 1 rings (SSSR count). The summed E-state index contributed by atoms with van der Waals surface area (Å²) in [5.74, 6) is 0.725. The molecule has 1 aliphatic carbocycles. The van der Waals surface area contributed by atoms with Crippen LogP contribution < -0.4 is 5.32 Å². The van der Waals surface area contributed by atoms with Crippen LogP contribution in [0.3, 0.4) is 0 Å². The van der Waals surface area contributed by atoms with Crippen LogP contribution in [0.1, 0.15) is 33.1 Å². The number of methoxy groups -OCH3 is 1. The Bertz CT molecular complexity index is 254. The van der Waals surface area contributed by atoms with Gasteiger partial charge in [0.1, 0.15) is 5.54 Å². The monoisotopic (exact) mass is 242 g/mol. The van der Waals surface area contributed by atoms with E-state index < -0.39 is 5.54 Å². The Balaban J connectivity index is 2.38. The van der Waals surface area contributed by atoms with Gasteiger partial charge in [0.15, 0.2) is 0 Å². The van der Waals surface area contributed by atoms with Crippen molar-refractivity contribution in [1.82, 2.24) is 10.2 Å². The van der Waals surface area contributed by atoms with Gasteiger partial charge in [-0.1, -0.05) is 6.92 Å². The van der Waals surface area contributed by atoms with Crippen LogP contribution in [0.5, 0.6) is 0 Å². The highest BCUT2D eigenvalue weighted by atomic mass is 16.5. The summed E-state index contributed by atoms with van der Waals surface area (Å²) in [4.78, 5) is 14.1. The van der Waals surface area contributed by atoms with Crippen LogP contribution in [-0.2, 0) is 9.53 Å². The summed E-state index contributed by atoms with van der Waals surface area (Å²) < 4.78 is 4.87. The number of ether oxygens (including phenoxy) is 1. The van der Waals surface area contributed by atoms with E-state index in [0.717, 1.165) is 32.0 Å². The first-order valence-electron chi connectivity index (χ1n) is 6.54. The van der Waals surface area contributed by atoms with Gasteiger partial charge in [0.05, 0.1) is 7.11 Å². The zero-order valence-electron chi connectivity index (χ0n) is 11.6. The Morgan fingerprint density at radius 1 is 1.53 bits per heavy atom. The van der Waals surface area contributed by atoms with E-state index in [4.69, 9.17) is 4.74 Å². The lowest BCUT2D eigenvalue weighted by atomic mass is 9.97. The number of rotatable bonds is 8. The molecule has 0 aliphatic heterocycles. The van der Waals surface area contributed by atoms with Gasteiger partial charge in [-0.15, -0.1) is 0 Å². The van der Waals surface area contributed by atoms with E-state index in [-0.39, 0.29) is 5.97 Å². The third-order valence-corrected chi connectivity index (χ3v) is 3.46. The van der Waals surface area contributed by atoms with Crippen molar-refractivity contribution in [3.63, 3.8) is 0 Å². The Hall–Kier alpha value is -0.610. The Labute approximate surface area is 105 Å². The normalized spacial score (nSPS) is 19.1. The van der Waals surface area contributed by atoms with Crippen molar-refractivity contribution >= 4 is 5.97 Å². The molecule has 100 valence electrons. The first-order chi connectivity index (χ1) is 8.01. The maximum absolute atomic E-state index is 11.8. The van der Waals surface area contributed by atoms with E-state index in [0.29, 0.717) is 0 Å². The van der Waals surface area contributed by atoms with Crippen LogP contribution in [0.4, 0.5) is 0 Å². The number of esters is 1. The molecule has 0 aromatic heterocycles. The minimum Gasteiger partial charge on any atom is -0.468 e. The predicted octanol–water partition coefficient (Wildman–Crippen LogP) is 1.26. The van der Waals surface area contributed by atoms with Gasteiger partial charge >= 0.3 is 5.97 Å². The summed E-state index contributed by atoms with van der Waals surface area (Å²) in [6.07, 6.45) is 3.52. The molecule has 0 saturated heterocycles. The molecule has 0 amide bonds. The van der Waals surface area contributed by atoms with Gasteiger partial charge in [-0.25, -0.2) is 0 Å². The molecule has 1 N–H and O–H groups in total. The summed E-state index contributed by atoms with van der Waals surface area (Å²) in [5, 5.41) is 3.23. The van der Waals surface area contributed by atoms with E-state index in [9.17, 15) is 4.79 Å². The minimum absolute atomic E-state index is 0.167. The minimum atomic E-state index is -0.554. The lowest BCUT2D eigenvalue weighted by Gasteiger charge is -2.29. The van der Waals surface area contributed by atoms with E-state index in [1.165, 1.54) is 20.0 Å². The highest BCUT2D eigenvalue weighted by Crippen LogP contribution is 2.29. The molecular weight excluding hydrogens is 216 g/mol. The lowest BCUT2D eigenvalue weighted by molar-refractivity contribution is -0.148. The van der Waals surface area contributed by atoms with Crippen LogP contribution in [0.2, 0.25) is 0 Å². The average molecular weight is 242 g/mol. The Morgan fingerprint density at radius 3 is 2.65 bits per heavy atom. The molecule has 1 saturated carbocycles. The molecule has 0 radical (unpaired) electrons. The van der Waals surface area contributed by atoms with Crippen molar-refractivity contribution < 1.29 is 9.53 Å². The summed E-state index contributed by atoms with van der Waals surface area (Å²) in [7, 11) is 3.58. The summed E-state index contributed by atoms with van der Waals surface area (Å²) in [5.41, 5.74) is -0.554. The summed E-state index contributed by atoms with van der Waals surface area (Å²) in [6, 6.07) is 0. The van der Waals surface area contributed by atoms with Gasteiger partial charge in [0, 0.05) is 13.1 Å². The SMILES string of the molecule is CCNC(C)(CCN(C)CC1CC1)C(=O)OC.